The van der Waals surface area contributed by atoms with E-state index in [0.717, 1.165) is 31.2 Å². The molecule has 1 unspecified atom stereocenters. The van der Waals surface area contributed by atoms with Gasteiger partial charge in [0.15, 0.2) is 0 Å². The highest BCUT2D eigenvalue weighted by Gasteiger charge is 2.50. The van der Waals surface area contributed by atoms with E-state index in [-0.39, 0.29) is 11.9 Å². The maximum absolute atomic E-state index is 12.4. The summed E-state index contributed by atoms with van der Waals surface area (Å²) in [5, 5.41) is 0. The van der Waals surface area contributed by atoms with Gasteiger partial charge in [-0.1, -0.05) is 43.3 Å². The Morgan fingerprint density at radius 2 is 1.95 bits per heavy atom. The smallest absolute Gasteiger partial charge is 0.248 e. The van der Waals surface area contributed by atoms with Crippen molar-refractivity contribution < 1.29 is 9.53 Å². The largest absolute Gasteiger partial charge is 0.353 e. The van der Waals surface area contributed by atoms with Crippen molar-refractivity contribution in [2.75, 3.05) is 6.61 Å². The van der Waals surface area contributed by atoms with E-state index in [4.69, 9.17) is 4.74 Å². The fourth-order valence-electron chi connectivity index (χ4n) is 3.52. The lowest BCUT2D eigenvalue weighted by atomic mass is 9.89. The van der Waals surface area contributed by atoms with Gasteiger partial charge in [-0.2, -0.15) is 0 Å². The molecule has 1 amide bonds. The van der Waals surface area contributed by atoms with Crippen molar-refractivity contribution in [3.63, 3.8) is 0 Å². The number of hydrogen-bond acceptors (Lipinski definition) is 2. The first-order chi connectivity index (χ1) is 9.77. The molecular weight excluding hydrogens is 250 g/mol. The summed E-state index contributed by atoms with van der Waals surface area (Å²) in [6, 6.07) is 10.2. The predicted octanol–water partition coefficient (Wildman–Crippen LogP) is 3.43. The molecule has 106 valence electrons. The van der Waals surface area contributed by atoms with Crippen LogP contribution >= 0.6 is 0 Å². The molecule has 1 aliphatic carbocycles. The van der Waals surface area contributed by atoms with E-state index in [1.54, 1.807) is 0 Å². The molecule has 1 aliphatic heterocycles. The first kappa shape index (κ1) is 13.4. The second-order valence-corrected chi connectivity index (χ2v) is 5.66. The Kier molecular flexibility index (Phi) is 3.62. The second-order valence-electron chi connectivity index (χ2n) is 5.66. The molecule has 2 aliphatic rings. The summed E-state index contributed by atoms with van der Waals surface area (Å²) in [4.78, 5) is 14.3. The minimum atomic E-state index is -0.399. The Balaban J connectivity index is 1.95. The average Bonchev–Trinajstić information content (AvgIpc) is 2.87. The van der Waals surface area contributed by atoms with E-state index in [9.17, 15) is 4.79 Å². The van der Waals surface area contributed by atoms with Crippen LogP contribution in [0.25, 0.3) is 0 Å². The number of hydrogen-bond donors (Lipinski definition) is 0. The van der Waals surface area contributed by atoms with Gasteiger partial charge in [-0.3, -0.25) is 4.79 Å². The third kappa shape index (κ3) is 2.16. The van der Waals surface area contributed by atoms with Gasteiger partial charge >= 0.3 is 0 Å². The highest BCUT2D eigenvalue weighted by molar-refractivity contribution is 5.88. The standard InChI is InChI=1S/C17H21NO2/c1-2-16(19)18-15(14-9-5-3-6-10-14)13-20-17(18)11-7-4-8-12-17/h2-3,5-6,9-10,15H,1,4,7-8,11-13H2. The van der Waals surface area contributed by atoms with Crippen LogP contribution in [0.15, 0.2) is 43.0 Å². The van der Waals surface area contributed by atoms with Crippen LogP contribution < -0.4 is 0 Å². The van der Waals surface area contributed by atoms with E-state index in [1.165, 1.54) is 12.5 Å². The topological polar surface area (TPSA) is 29.5 Å². The van der Waals surface area contributed by atoms with Crippen LogP contribution in [0.5, 0.6) is 0 Å². The number of benzene rings is 1. The van der Waals surface area contributed by atoms with Crippen LogP contribution in [0.1, 0.15) is 43.7 Å². The van der Waals surface area contributed by atoms with Gasteiger partial charge in [-0.25, -0.2) is 0 Å². The normalized spacial score (nSPS) is 24.8. The lowest BCUT2D eigenvalue weighted by Crippen LogP contribution is -2.49. The molecule has 1 saturated heterocycles. The highest BCUT2D eigenvalue weighted by atomic mass is 16.5. The molecule has 0 N–H and O–H groups in total. The van der Waals surface area contributed by atoms with Crippen LogP contribution in [0, 0.1) is 0 Å². The lowest BCUT2D eigenvalue weighted by molar-refractivity contribution is -0.152. The van der Waals surface area contributed by atoms with Crippen molar-refractivity contribution in [2.45, 2.75) is 43.9 Å². The number of rotatable bonds is 2. The number of amides is 1. The molecule has 0 bridgehead atoms. The van der Waals surface area contributed by atoms with Crippen LogP contribution in [0.4, 0.5) is 0 Å². The molecule has 1 saturated carbocycles. The summed E-state index contributed by atoms with van der Waals surface area (Å²) in [6.07, 6.45) is 6.79. The van der Waals surface area contributed by atoms with Crippen molar-refractivity contribution in [3.8, 4) is 0 Å². The number of ether oxygens (including phenoxy) is 1. The van der Waals surface area contributed by atoms with E-state index in [1.807, 2.05) is 23.1 Å². The van der Waals surface area contributed by atoms with E-state index < -0.39 is 5.72 Å². The lowest BCUT2D eigenvalue weighted by Gasteiger charge is -2.41. The summed E-state index contributed by atoms with van der Waals surface area (Å²) >= 11 is 0. The SMILES string of the molecule is C=CC(=O)N1C(c2ccccc2)COC12CCCCC2. The Labute approximate surface area is 120 Å². The Hall–Kier alpha value is -1.61. The monoisotopic (exact) mass is 271 g/mol. The summed E-state index contributed by atoms with van der Waals surface area (Å²) < 4.78 is 6.14. The van der Waals surface area contributed by atoms with Crippen molar-refractivity contribution in [2.24, 2.45) is 0 Å². The fraction of sp³-hybridized carbons (Fsp3) is 0.471. The molecule has 0 radical (unpaired) electrons. The van der Waals surface area contributed by atoms with Crippen LogP contribution in [0.2, 0.25) is 0 Å². The maximum atomic E-state index is 12.4. The Bertz CT molecular complexity index is 491. The molecule has 3 rings (SSSR count). The van der Waals surface area contributed by atoms with Crippen molar-refractivity contribution >= 4 is 5.91 Å². The summed E-state index contributed by atoms with van der Waals surface area (Å²) in [5.74, 6) is -0.0155. The van der Waals surface area contributed by atoms with Crippen molar-refractivity contribution in [1.29, 1.82) is 0 Å². The Morgan fingerprint density at radius 1 is 1.25 bits per heavy atom. The number of carbonyl (C=O) groups excluding carboxylic acids is 1. The molecule has 1 atom stereocenters. The van der Waals surface area contributed by atoms with E-state index >= 15 is 0 Å². The predicted molar refractivity (Wildman–Crippen MR) is 78.0 cm³/mol. The zero-order valence-corrected chi connectivity index (χ0v) is 11.8. The number of carbonyl (C=O) groups is 1. The maximum Gasteiger partial charge on any atom is 0.248 e. The third-order valence-electron chi connectivity index (χ3n) is 4.49. The Morgan fingerprint density at radius 3 is 2.60 bits per heavy atom. The summed E-state index contributed by atoms with van der Waals surface area (Å²) in [6.45, 7) is 4.25. The van der Waals surface area contributed by atoms with E-state index in [2.05, 4.69) is 18.7 Å². The molecule has 1 aromatic carbocycles. The van der Waals surface area contributed by atoms with Gasteiger partial charge in [0.2, 0.25) is 5.91 Å². The molecule has 1 spiro atoms. The molecule has 3 nitrogen and oxygen atoms in total. The fourth-order valence-corrected chi connectivity index (χ4v) is 3.52. The summed E-state index contributed by atoms with van der Waals surface area (Å²) in [7, 11) is 0. The number of nitrogens with zero attached hydrogens (tertiary/aromatic N) is 1. The second kappa shape index (κ2) is 5.41. The van der Waals surface area contributed by atoms with Gasteiger partial charge in [0.05, 0.1) is 12.6 Å². The molecular formula is C17H21NO2. The molecule has 20 heavy (non-hydrogen) atoms. The quantitative estimate of drug-likeness (QED) is 0.771. The first-order valence-corrected chi connectivity index (χ1v) is 7.41. The molecule has 1 heterocycles. The van der Waals surface area contributed by atoms with Crippen LogP contribution in [0.3, 0.4) is 0 Å². The first-order valence-electron chi connectivity index (χ1n) is 7.41. The zero-order chi connectivity index (χ0) is 14.0. The van der Waals surface area contributed by atoms with Gasteiger partial charge < -0.3 is 9.64 Å². The average molecular weight is 271 g/mol. The van der Waals surface area contributed by atoms with Gasteiger partial charge in [0, 0.05) is 0 Å². The van der Waals surface area contributed by atoms with Gasteiger partial charge in [0.1, 0.15) is 5.72 Å². The zero-order valence-electron chi connectivity index (χ0n) is 11.8. The molecule has 1 aromatic rings. The molecule has 3 heteroatoms. The van der Waals surface area contributed by atoms with Crippen LogP contribution in [-0.2, 0) is 9.53 Å². The van der Waals surface area contributed by atoms with Gasteiger partial charge in [-0.05, 0) is 37.3 Å². The highest BCUT2D eigenvalue weighted by Crippen LogP contribution is 2.45. The van der Waals surface area contributed by atoms with Gasteiger partial charge in [-0.15, -0.1) is 0 Å². The molecule has 0 aromatic heterocycles. The minimum Gasteiger partial charge on any atom is -0.353 e. The summed E-state index contributed by atoms with van der Waals surface area (Å²) in [5.41, 5.74) is 0.745. The third-order valence-corrected chi connectivity index (χ3v) is 4.49. The van der Waals surface area contributed by atoms with Crippen LogP contribution in [-0.4, -0.2) is 23.1 Å². The molecule has 2 fully saturated rings. The van der Waals surface area contributed by atoms with E-state index in [0.29, 0.717) is 6.61 Å². The van der Waals surface area contributed by atoms with Gasteiger partial charge in [0.25, 0.3) is 0 Å². The van der Waals surface area contributed by atoms with Crippen molar-refractivity contribution in [1.82, 2.24) is 4.90 Å². The van der Waals surface area contributed by atoms with Crippen molar-refractivity contribution in [3.05, 3.63) is 48.6 Å². The minimum absolute atomic E-state index is 0.0137.